The smallest absolute Gasteiger partial charge is 0.251 e. The second-order valence-electron chi connectivity index (χ2n) is 7.03. The van der Waals surface area contributed by atoms with Crippen LogP contribution in [0.1, 0.15) is 18.7 Å². The highest BCUT2D eigenvalue weighted by molar-refractivity contribution is 5.81. The normalized spacial score (nSPS) is 16.8. The molecule has 1 saturated heterocycles. The second kappa shape index (κ2) is 6.19. The van der Waals surface area contributed by atoms with Crippen molar-refractivity contribution < 1.29 is 13.2 Å². The molecule has 1 aliphatic rings. The van der Waals surface area contributed by atoms with E-state index in [-0.39, 0.29) is 25.9 Å². The lowest BCUT2D eigenvalue weighted by atomic mass is 10.1. The molecule has 0 unspecified atom stereocenters. The number of piperidine rings is 1. The molecule has 142 valence electrons. The molecule has 0 amide bonds. The Kier molecular flexibility index (Phi) is 3.75. The average molecular weight is 381 g/mol. The van der Waals surface area contributed by atoms with Crippen LogP contribution >= 0.6 is 0 Å². The highest BCUT2D eigenvalue weighted by Crippen LogP contribution is 2.30. The Morgan fingerprint density at radius 3 is 2.64 bits per heavy atom. The topological polar surface area (TPSA) is 67.9 Å². The molecule has 1 fully saturated rings. The van der Waals surface area contributed by atoms with Crippen molar-refractivity contribution in [1.82, 2.24) is 19.9 Å². The van der Waals surface area contributed by atoms with Crippen molar-refractivity contribution in [2.75, 3.05) is 18.0 Å². The number of aryl methyl sites for hydroxylation is 1. The number of rotatable bonds is 2. The fourth-order valence-corrected chi connectivity index (χ4v) is 3.47. The number of oxazole rings is 1. The van der Waals surface area contributed by atoms with E-state index in [0.717, 1.165) is 22.4 Å². The SMILES string of the molecule is Cc1nc2cc(-c3ccc4ncc(N5CCC(F)(F)CC5)nc4n3)ccc2o1. The van der Waals surface area contributed by atoms with Gasteiger partial charge in [0.1, 0.15) is 16.9 Å². The number of hydrogen-bond donors (Lipinski definition) is 0. The number of nitrogens with zero attached hydrogens (tertiary/aromatic N) is 5. The minimum Gasteiger partial charge on any atom is -0.441 e. The summed E-state index contributed by atoms with van der Waals surface area (Å²) in [6.07, 6.45) is 1.28. The Morgan fingerprint density at radius 2 is 1.82 bits per heavy atom. The van der Waals surface area contributed by atoms with Crippen LogP contribution in [0.5, 0.6) is 0 Å². The summed E-state index contributed by atoms with van der Waals surface area (Å²) in [4.78, 5) is 19.8. The molecule has 0 atom stereocenters. The van der Waals surface area contributed by atoms with Gasteiger partial charge in [-0.25, -0.2) is 28.7 Å². The number of anilines is 1. The molecule has 1 aliphatic heterocycles. The van der Waals surface area contributed by atoms with Crippen molar-refractivity contribution in [3.05, 3.63) is 42.4 Å². The lowest BCUT2D eigenvalue weighted by molar-refractivity contribution is -0.0221. The first kappa shape index (κ1) is 17.0. The van der Waals surface area contributed by atoms with E-state index in [2.05, 4.69) is 19.9 Å². The summed E-state index contributed by atoms with van der Waals surface area (Å²) in [6.45, 7) is 2.33. The van der Waals surface area contributed by atoms with Gasteiger partial charge in [-0.15, -0.1) is 0 Å². The maximum atomic E-state index is 13.4. The summed E-state index contributed by atoms with van der Waals surface area (Å²) in [5.41, 5.74) is 4.29. The van der Waals surface area contributed by atoms with Gasteiger partial charge in [-0.2, -0.15) is 0 Å². The minimum atomic E-state index is -2.59. The minimum absolute atomic E-state index is 0.169. The quantitative estimate of drug-likeness (QED) is 0.513. The summed E-state index contributed by atoms with van der Waals surface area (Å²) < 4.78 is 32.3. The van der Waals surface area contributed by atoms with Crippen LogP contribution in [0, 0.1) is 6.92 Å². The second-order valence-corrected chi connectivity index (χ2v) is 7.03. The van der Waals surface area contributed by atoms with E-state index in [1.807, 2.05) is 42.2 Å². The number of aromatic nitrogens is 4. The lowest BCUT2D eigenvalue weighted by Crippen LogP contribution is -2.39. The predicted molar refractivity (Wildman–Crippen MR) is 101 cm³/mol. The Morgan fingerprint density at radius 1 is 1.00 bits per heavy atom. The molecule has 1 aromatic carbocycles. The summed E-state index contributed by atoms with van der Waals surface area (Å²) in [7, 11) is 0. The molecule has 6 nitrogen and oxygen atoms in total. The molecule has 3 aromatic heterocycles. The Labute approximate surface area is 159 Å². The van der Waals surface area contributed by atoms with E-state index < -0.39 is 5.92 Å². The molecule has 0 aliphatic carbocycles. The van der Waals surface area contributed by atoms with Crippen LogP contribution in [0.3, 0.4) is 0 Å². The number of halogens is 2. The molecule has 28 heavy (non-hydrogen) atoms. The highest BCUT2D eigenvalue weighted by atomic mass is 19.3. The molecular formula is C20H17F2N5O. The van der Waals surface area contributed by atoms with Crippen LogP contribution in [0.4, 0.5) is 14.6 Å². The van der Waals surface area contributed by atoms with Crippen LogP contribution in [-0.2, 0) is 0 Å². The van der Waals surface area contributed by atoms with Crippen molar-refractivity contribution >= 4 is 28.1 Å². The van der Waals surface area contributed by atoms with Crippen LogP contribution in [0.2, 0.25) is 0 Å². The monoisotopic (exact) mass is 381 g/mol. The summed E-state index contributed by atoms with van der Waals surface area (Å²) >= 11 is 0. The van der Waals surface area contributed by atoms with E-state index in [1.165, 1.54) is 0 Å². The molecule has 0 saturated carbocycles. The summed E-state index contributed by atoms with van der Waals surface area (Å²) in [6, 6.07) is 9.45. The third-order valence-corrected chi connectivity index (χ3v) is 5.00. The zero-order valence-electron chi connectivity index (χ0n) is 15.2. The first-order valence-electron chi connectivity index (χ1n) is 9.11. The standard InChI is InChI=1S/C20H17F2N5O/c1-12-24-16-10-13(2-5-17(16)28-12)14-3-4-15-19(25-14)26-18(11-23-15)27-8-6-20(21,22)7-9-27/h2-5,10-11H,6-9H2,1H3. The molecule has 4 heterocycles. The van der Waals surface area contributed by atoms with Gasteiger partial charge in [-0.05, 0) is 30.3 Å². The number of fused-ring (bicyclic) bond motifs is 2. The number of pyridine rings is 1. The maximum absolute atomic E-state index is 13.4. The zero-order chi connectivity index (χ0) is 19.3. The molecular weight excluding hydrogens is 364 g/mol. The van der Waals surface area contributed by atoms with Gasteiger partial charge in [0, 0.05) is 38.4 Å². The Hall–Kier alpha value is -3.16. The fourth-order valence-electron chi connectivity index (χ4n) is 3.47. The van der Waals surface area contributed by atoms with E-state index in [9.17, 15) is 8.78 Å². The third-order valence-electron chi connectivity index (χ3n) is 5.00. The van der Waals surface area contributed by atoms with Crippen LogP contribution in [0.25, 0.3) is 33.5 Å². The van der Waals surface area contributed by atoms with Crippen molar-refractivity contribution in [2.45, 2.75) is 25.7 Å². The van der Waals surface area contributed by atoms with Gasteiger partial charge in [0.15, 0.2) is 17.1 Å². The number of benzene rings is 1. The number of alkyl halides is 2. The molecule has 0 bridgehead atoms. The first-order valence-corrected chi connectivity index (χ1v) is 9.11. The van der Waals surface area contributed by atoms with Gasteiger partial charge in [-0.3, -0.25) is 0 Å². The largest absolute Gasteiger partial charge is 0.441 e. The highest BCUT2D eigenvalue weighted by Gasteiger charge is 2.34. The van der Waals surface area contributed by atoms with E-state index in [4.69, 9.17) is 4.42 Å². The first-order chi connectivity index (χ1) is 13.5. The van der Waals surface area contributed by atoms with Gasteiger partial charge < -0.3 is 9.32 Å². The van der Waals surface area contributed by atoms with Crippen LogP contribution < -0.4 is 4.90 Å². The molecule has 8 heteroatoms. The average Bonchev–Trinajstić information content (AvgIpc) is 3.06. The number of hydrogen-bond acceptors (Lipinski definition) is 6. The molecule has 5 rings (SSSR count). The van der Waals surface area contributed by atoms with Gasteiger partial charge in [-0.1, -0.05) is 0 Å². The van der Waals surface area contributed by atoms with E-state index in [1.54, 1.807) is 6.20 Å². The van der Waals surface area contributed by atoms with Gasteiger partial charge in [0.05, 0.1) is 11.9 Å². The third kappa shape index (κ3) is 3.04. The predicted octanol–water partition coefficient (Wildman–Crippen LogP) is 4.38. The molecule has 0 N–H and O–H groups in total. The van der Waals surface area contributed by atoms with Crippen molar-refractivity contribution in [2.24, 2.45) is 0 Å². The fraction of sp³-hybridized carbons (Fsp3) is 0.300. The Bertz CT molecular complexity index is 1180. The summed E-state index contributed by atoms with van der Waals surface area (Å²) in [5.74, 6) is -1.40. The van der Waals surface area contributed by atoms with Crippen LogP contribution in [-0.4, -0.2) is 38.9 Å². The summed E-state index contributed by atoms with van der Waals surface area (Å²) in [5, 5.41) is 0. The molecule has 0 spiro atoms. The lowest BCUT2D eigenvalue weighted by Gasteiger charge is -2.32. The van der Waals surface area contributed by atoms with E-state index >= 15 is 0 Å². The zero-order valence-corrected chi connectivity index (χ0v) is 15.2. The Balaban J connectivity index is 1.50. The molecule has 4 aromatic rings. The van der Waals surface area contributed by atoms with Crippen molar-refractivity contribution in [3.8, 4) is 11.3 Å². The molecule has 0 radical (unpaired) electrons. The van der Waals surface area contributed by atoms with Gasteiger partial charge >= 0.3 is 0 Å². The van der Waals surface area contributed by atoms with Gasteiger partial charge in [0.25, 0.3) is 5.92 Å². The van der Waals surface area contributed by atoms with Crippen molar-refractivity contribution in [3.63, 3.8) is 0 Å². The van der Waals surface area contributed by atoms with Crippen molar-refractivity contribution in [1.29, 1.82) is 0 Å². The van der Waals surface area contributed by atoms with E-state index in [0.29, 0.717) is 22.9 Å². The van der Waals surface area contributed by atoms with Gasteiger partial charge in [0.2, 0.25) is 0 Å². The van der Waals surface area contributed by atoms with Crippen LogP contribution in [0.15, 0.2) is 40.9 Å². The maximum Gasteiger partial charge on any atom is 0.251 e.